The Morgan fingerprint density at radius 3 is 2.00 bits per heavy atom. The van der Waals surface area contributed by atoms with Gasteiger partial charge in [0.05, 0.1) is 0 Å². The Hall–Kier alpha value is 0.521. The van der Waals surface area contributed by atoms with Crippen LogP contribution in [-0.4, -0.2) is 9.79 Å². The maximum atomic E-state index is 10.7. The first-order chi connectivity index (χ1) is 9.51. The standard InChI is InChI=1S/C15H25O4P.Nd/c1-2-3-4-5-6-7-8-9-14-10-12-15(13-11-14)19-20(16,17)18;/h10-13H,2-9H2,1H3,(H2,16,17,18);. The molecular formula is C15H25NdO4P. The van der Waals surface area contributed by atoms with Crippen LogP contribution in [0, 0.1) is 40.8 Å². The third-order valence-corrected chi connectivity index (χ3v) is 3.67. The zero-order valence-corrected chi connectivity index (χ0v) is 16.7. The molecular weight excluding hydrogens is 419 g/mol. The third kappa shape index (κ3) is 11.7. The van der Waals surface area contributed by atoms with Gasteiger partial charge in [-0.2, -0.15) is 0 Å². The average Bonchev–Trinajstić information content (AvgIpc) is 2.38. The van der Waals surface area contributed by atoms with Crippen LogP contribution in [0.5, 0.6) is 5.75 Å². The first-order valence-corrected chi connectivity index (χ1v) is 8.88. The Kier molecular flexibility index (Phi) is 12.3. The summed E-state index contributed by atoms with van der Waals surface area (Å²) in [6.07, 6.45) is 9.97. The second kappa shape index (κ2) is 12.0. The second-order valence-corrected chi connectivity index (χ2v) is 6.26. The number of phosphoric acid groups is 1. The van der Waals surface area contributed by atoms with E-state index in [-0.39, 0.29) is 46.6 Å². The number of hydrogen-bond acceptors (Lipinski definition) is 2. The second-order valence-electron chi connectivity index (χ2n) is 5.10. The number of hydrogen-bond donors (Lipinski definition) is 2. The van der Waals surface area contributed by atoms with Gasteiger partial charge < -0.3 is 4.52 Å². The molecule has 0 aliphatic carbocycles. The molecule has 0 bridgehead atoms. The van der Waals surface area contributed by atoms with Gasteiger partial charge in [-0.15, -0.1) is 0 Å². The van der Waals surface area contributed by atoms with Gasteiger partial charge in [0.25, 0.3) is 0 Å². The van der Waals surface area contributed by atoms with E-state index in [1.807, 2.05) is 12.1 Å². The summed E-state index contributed by atoms with van der Waals surface area (Å²) in [5.74, 6) is 0.210. The van der Waals surface area contributed by atoms with Crippen molar-refractivity contribution in [3.8, 4) is 5.75 Å². The normalized spacial score (nSPS) is 11.0. The summed E-state index contributed by atoms with van der Waals surface area (Å²) in [5.41, 5.74) is 1.18. The molecule has 0 aliphatic rings. The molecule has 0 amide bonds. The maximum absolute atomic E-state index is 10.7. The van der Waals surface area contributed by atoms with E-state index in [4.69, 9.17) is 9.79 Å². The Balaban J connectivity index is 0.00000400. The molecule has 1 rings (SSSR count). The molecule has 4 nitrogen and oxygen atoms in total. The van der Waals surface area contributed by atoms with Crippen molar-refractivity contribution < 1.29 is 59.7 Å². The van der Waals surface area contributed by atoms with E-state index in [0.29, 0.717) is 0 Å². The largest absolute Gasteiger partial charge is 0.524 e. The molecule has 1 aromatic rings. The van der Waals surface area contributed by atoms with Gasteiger partial charge in [0.15, 0.2) is 0 Å². The van der Waals surface area contributed by atoms with Gasteiger partial charge in [-0.05, 0) is 30.5 Å². The Labute approximate surface area is 160 Å². The predicted molar refractivity (Wildman–Crippen MR) is 80.8 cm³/mol. The number of rotatable bonds is 10. The summed E-state index contributed by atoms with van der Waals surface area (Å²) in [7, 11) is -4.44. The van der Waals surface area contributed by atoms with E-state index < -0.39 is 7.82 Å². The molecule has 0 spiro atoms. The van der Waals surface area contributed by atoms with E-state index in [0.717, 1.165) is 12.8 Å². The molecule has 6 heteroatoms. The van der Waals surface area contributed by atoms with Crippen molar-refractivity contribution >= 4 is 7.82 Å². The van der Waals surface area contributed by atoms with E-state index in [1.54, 1.807) is 12.1 Å². The van der Waals surface area contributed by atoms with Crippen molar-refractivity contribution in [3.05, 3.63) is 29.8 Å². The fourth-order valence-electron chi connectivity index (χ4n) is 2.14. The summed E-state index contributed by atoms with van der Waals surface area (Å²) < 4.78 is 15.2. The zero-order valence-electron chi connectivity index (χ0n) is 12.6. The minimum Gasteiger partial charge on any atom is -0.404 e. The number of unbranched alkanes of at least 4 members (excludes halogenated alkanes) is 6. The van der Waals surface area contributed by atoms with Crippen molar-refractivity contribution in [2.45, 2.75) is 58.3 Å². The fourth-order valence-corrected chi connectivity index (χ4v) is 2.54. The summed E-state index contributed by atoms with van der Waals surface area (Å²) >= 11 is 0. The van der Waals surface area contributed by atoms with Gasteiger partial charge in [0, 0.05) is 40.8 Å². The van der Waals surface area contributed by atoms with Crippen LogP contribution in [0.4, 0.5) is 0 Å². The molecule has 0 radical (unpaired) electrons. The van der Waals surface area contributed by atoms with Gasteiger partial charge in [-0.1, -0.05) is 57.6 Å². The first-order valence-electron chi connectivity index (χ1n) is 7.35. The zero-order chi connectivity index (χ0) is 14.8. The van der Waals surface area contributed by atoms with Crippen molar-refractivity contribution in [3.63, 3.8) is 0 Å². The summed E-state index contributed by atoms with van der Waals surface area (Å²) in [6, 6.07) is 6.94. The van der Waals surface area contributed by atoms with Crippen molar-refractivity contribution in [2.75, 3.05) is 0 Å². The van der Waals surface area contributed by atoms with Gasteiger partial charge in [0.1, 0.15) is 5.75 Å². The summed E-state index contributed by atoms with van der Waals surface area (Å²) in [6.45, 7) is 2.22. The molecule has 2 N–H and O–H groups in total. The molecule has 0 fully saturated rings. The maximum Gasteiger partial charge on any atom is 0.524 e. The van der Waals surface area contributed by atoms with Crippen LogP contribution in [0.15, 0.2) is 24.3 Å². The molecule has 0 atom stereocenters. The summed E-state index contributed by atoms with van der Waals surface area (Å²) in [4.78, 5) is 17.4. The molecule has 118 valence electrons. The Morgan fingerprint density at radius 1 is 0.952 bits per heavy atom. The Bertz CT molecular complexity index is 416. The molecule has 0 saturated carbocycles. The van der Waals surface area contributed by atoms with Crippen LogP contribution in [-0.2, 0) is 11.0 Å². The van der Waals surface area contributed by atoms with Crippen molar-refractivity contribution in [1.82, 2.24) is 0 Å². The van der Waals surface area contributed by atoms with Gasteiger partial charge in [0.2, 0.25) is 0 Å². The molecule has 1 aromatic carbocycles. The minimum absolute atomic E-state index is 0. The Morgan fingerprint density at radius 2 is 1.48 bits per heavy atom. The minimum atomic E-state index is -4.44. The number of phosphoric ester groups is 1. The molecule has 0 saturated heterocycles. The first kappa shape index (κ1) is 21.5. The SMILES string of the molecule is CCCCCCCCCc1ccc(OP(=O)(O)O)cc1.[Nd]. The fraction of sp³-hybridized carbons (Fsp3) is 0.600. The van der Waals surface area contributed by atoms with Crippen LogP contribution < -0.4 is 4.52 Å². The van der Waals surface area contributed by atoms with Gasteiger partial charge >= 0.3 is 7.82 Å². The average molecular weight is 445 g/mol. The van der Waals surface area contributed by atoms with Crippen molar-refractivity contribution in [2.24, 2.45) is 0 Å². The van der Waals surface area contributed by atoms with E-state index in [1.165, 1.54) is 44.1 Å². The molecule has 0 unspecified atom stereocenters. The molecule has 0 aliphatic heterocycles. The molecule has 0 heterocycles. The van der Waals surface area contributed by atoms with Gasteiger partial charge in [-0.25, -0.2) is 4.57 Å². The smallest absolute Gasteiger partial charge is 0.404 e. The number of aryl methyl sites for hydroxylation is 1. The van der Waals surface area contributed by atoms with Crippen LogP contribution in [0.1, 0.15) is 57.4 Å². The van der Waals surface area contributed by atoms with Crippen molar-refractivity contribution in [1.29, 1.82) is 0 Å². The van der Waals surface area contributed by atoms with Crippen LogP contribution >= 0.6 is 7.82 Å². The molecule has 21 heavy (non-hydrogen) atoms. The van der Waals surface area contributed by atoms with E-state index in [2.05, 4.69) is 11.4 Å². The summed E-state index contributed by atoms with van der Waals surface area (Å²) in [5, 5.41) is 0. The molecule has 0 aromatic heterocycles. The van der Waals surface area contributed by atoms with Crippen LogP contribution in [0.25, 0.3) is 0 Å². The quantitative estimate of drug-likeness (QED) is 0.413. The monoisotopic (exact) mass is 442 g/mol. The topological polar surface area (TPSA) is 66.8 Å². The number of benzene rings is 1. The third-order valence-electron chi connectivity index (χ3n) is 3.22. The van der Waals surface area contributed by atoms with Gasteiger partial charge in [-0.3, -0.25) is 9.79 Å². The van der Waals surface area contributed by atoms with Crippen LogP contribution in [0.2, 0.25) is 0 Å². The predicted octanol–water partition coefficient (Wildman–Crippen LogP) is 4.45. The van der Waals surface area contributed by atoms with Crippen LogP contribution in [0.3, 0.4) is 0 Å². The van der Waals surface area contributed by atoms with E-state index in [9.17, 15) is 4.57 Å². The van der Waals surface area contributed by atoms with E-state index >= 15 is 0 Å².